The Bertz CT molecular complexity index is 246. The van der Waals surface area contributed by atoms with Crippen molar-refractivity contribution in [2.24, 2.45) is 17.3 Å². The third kappa shape index (κ3) is 0.976. The molecule has 2 saturated carbocycles. The Morgan fingerprint density at radius 1 is 1.31 bits per heavy atom. The number of piperidine rings is 1. The molecule has 0 aromatic heterocycles. The normalized spacial score (nSPS) is 44.3. The lowest BCUT2D eigenvalue weighted by molar-refractivity contribution is -0.128. The Labute approximate surface area is 79.1 Å². The van der Waals surface area contributed by atoms with E-state index in [0.29, 0.717) is 17.2 Å². The van der Waals surface area contributed by atoms with E-state index in [2.05, 4.69) is 5.32 Å². The minimum atomic E-state index is 0.326. The smallest absolute Gasteiger partial charge is 0.223 e. The summed E-state index contributed by atoms with van der Waals surface area (Å²) in [6.07, 6.45) is 7.92. The van der Waals surface area contributed by atoms with Crippen molar-refractivity contribution in [2.75, 3.05) is 6.54 Å². The minimum absolute atomic E-state index is 0.326. The Hall–Kier alpha value is -0.530. The first-order chi connectivity index (χ1) is 6.30. The largest absolute Gasteiger partial charge is 0.355 e. The second-order valence-corrected chi connectivity index (χ2v) is 5.15. The van der Waals surface area contributed by atoms with Crippen LogP contribution < -0.4 is 5.32 Å². The topological polar surface area (TPSA) is 29.1 Å². The standard InChI is InChI=1S/C11H17NO/c13-10-8-4-5-11(6-8,7-12-10)9-2-1-3-9/h8-9H,1-7H2,(H,12,13). The van der Waals surface area contributed by atoms with Gasteiger partial charge < -0.3 is 5.32 Å². The van der Waals surface area contributed by atoms with E-state index in [-0.39, 0.29) is 0 Å². The number of hydrogen-bond donors (Lipinski definition) is 1. The molecule has 3 aliphatic rings. The van der Waals surface area contributed by atoms with Crippen molar-refractivity contribution in [3.63, 3.8) is 0 Å². The lowest BCUT2D eigenvalue weighted by Crippen LogP contribution is -2.48. The second-order valence-electron chi connectivity index (χ2n) is 5.15. The van der Waals surface area contributed by atoms with Gasteiger partial charge in [0.05, 0.1) is 0 Å². The van der Waals surface area contributed by atoms with E-state index in [9.17, 15) is 4.79 Å². The molecule has 1 heterocycles. The average Bonchev–Trinajstić information content (AvgIpc) is 2.37. The number of carbonyl (C=O) groups excluding carboxylic acids is 1. The van der Waals surface area contributed by atoms with Gasteiger partial charge in [-0.2, -0.15) is 0 Å². The van der Waals surface area contributed by atoms with Gasteiger partial charge in [0.2, 0.25) is 5.91 Å². The molecule has 1 N–H and O–H groups in total. The lowest BCUT2D eigenvalue weighted by Gasteiger charge is -2.45. The highest BCUT2D eigenvalue weighted by Crippen LogP contribution is 2.55. The van der Waals surface area contributed by atoms with Crippen LogP contribution in [0.25, 0.3) is 0 Å². The van der Waals surface area contributed by atoms with Crippen LogP contribution in [0.4, 0.5) is 0 Å². The Morgan fingerprint density at radius 2 is 2.15 bits per heavy atom. The van der Waals surface area contributed by atoms with Gasteiger partial charge in [0.15, 0.2) is 0 Å². The van der Waals surface area contributed by atoms with Crippen molar-refractivity contribution in [3.8, 4) is 0 Å². The van der Waals surface area contributed by atoms with E-state index in [1.165, 1.54) is 32.1 Å². The van der Waals surface area contributed by atoms with Crippen LogP contribution in [0, 0.1) is 17.3 Å². The monoisotopic (exact) mass is 179 g/mol. The minimum Gasteiger partial charge on any atom is -0.355 e. The van der Waals surface area contributed by atoms with Gasteiger partial charge in [0, 0.05) is 12.5 Å². The molecule has 0 aromatic rings. The summed E-state index contributed by atoms with van der Waals surface area (Å²) in [7, 11) is 0. The number of amides is 1. The summed E-state index contributed by atoms with van der Waals surface area (Å²) in [4.78, 5) is 11.4. The molecule has 0 spiro atoms. The van der Waals surface area contributed by atoms with Crippen LogP contribution in [0.15, 0.2) is 0 Å². The van der Waals surface area contributed by atoms with Gasteiger partial charge in [-0.25, -0.2) is 0 Å². The van der Waals surface area contributed by atoms with Crippen LogP contribution in [0.3, 0.4) is 0 Å². The van der Waals surface area contributed by atoms with Crippen LogP contribution in [-0.4, -0.2) is 12.5 Å². The van der Waals surface area contributed by atoms with E-state index in [1.807, 2.05) is 0 Å². The van der Waals surface area contributed by atoms with Gasteiger partial charge in [0.25, 0.3) is 0 Å². The molecule has 1 amide bonds. The highest BCUT2D eigenvalue weighted by molar-refractivity contribution is 5.80. The van der Waals surface area contributed by atoms with Crippen molar-refractivity contribution >= 4 is 5.91 Å². The number of hydrogen-bond acceptors (Lipinski definition) is 1. The van der Waals surface area contributed by atoms with Gasteiger partial charge in [0.1, 0.15) is 0 Å². The molecule has 2 bridgehead atoms. The van der Waals surface area contributed by atoms with Crippen LogP contribution in [0.5, 0.6) is 0 Å². The number of fused-ring (bicyclic) bond motifs is 2. The van der Waals surface area contributed by atoms with Crippen molar-refractivity contribution in [1.82, 2.24) is 5.32 Å². The second kappa shape index (κ2) is 2.49. The summed E-state index contributed by atoms with van der Waals surface area (Å²) in [6, 6.07) is 0. The maximum Gasteiger partial charge on any atom is 0.223 e. The molecule has 3 fully saturated rings. The molecule has 1 aliphatic heterocycles. The van der Waals surface area contributed by atoms with Crippen molar-refractivity contribution in [1.29, 1.82) is 0 Å². The lowest BCUT2D eigenvalue weighted by atomic mass is 9.63. The van der Waals surface area contributed by atoms with Gasteiger partial charge in [-0.3, -0.25) is 4.79 Å². The number of nitrogens with one attached hydrogen (secondary N) is 1. The molecule has 3 rings (SSSR count). The Kier molecular flexibility index (Phi) is 1.50. The zero-order valence-electron chi connectivity index (χ0n) is 8.01. The molecular weight excluding hydrogens is 162 g/mol. The first-order valence-electron chi connectivity index (χ1n) is 5.58. The quantitative estimate of drug-likeness (QED) is 0.652. The van der Waals surface area contributed by atoms with Gasteiger partial charge in [-0.15, -0.1) is 0 Å². The van der Waals surface area contributed by atoms with Crippen molar-refractivity contribution in [2.45, 2.75) is 38.5 Å². The predicted octanol–water partition coefficient (Wildman–Crippen LogP) is 1.70. The zero-order chi connectivity index (χ0) is 8.89. The molecule has 0 aromatic carbocycles. The third-order valence-electron chi connectivity index (χ3n) is 4.60. The molecule has 72 valence electrons. The summed E-state index contributed by atoms with van der Waals surface area (Å²) < 4.78 is 0. The average molecular weight is 179 g/mol. The molecule has 2 unspecified atom stereocenters. The SMILES string of the molecule is O=C1NCC2(C3CCC3)CCC1C2. The van der Waals surface area contributed by atoms with E-state index in [0.717, 1.165) is 18.9 Å². The van der Waals surface area contributed by atoms with E-state index >= 15 is 0 Å². The van der Waals surface area contributed by atoms with E-state index < -0.39 is 0 Å². The Morgan fingerprint density at radius 3 is 2.85 bits per heavy atom. The van der Waals surface area contributed by atoms with Crippen LogP contribution >= 0.6 is 0 Å². The van der Waals surface area contributed by atoms with Crippen LogP contribution in [-0.2, 0) is 4.79 Å². The fraction of sp³-hybridized carbons (Fsp3) is 0.909. The zero-order valence-corrected chi connectivity index (χ0v) is 8.01. The Balaban J connectivity index is 1.82. The summed E-state index contributed by atoms with van der Waals surface area (Å²) in [5.74, 6) is 1.64. The first kappa shape index (κ1) is 7.84. The molecule has 2 nitrogen and oxygen atoms in total. The maximum atomic E-state index is 11.4. The summed E-state index contributed by atoms with van der Waals surface area (Å²) in [5, 5.41) is 3.10. The van der Waals surface area contributed by atoms with Gasteiger partial charge in [-0.1, -0.05) is 6.42 Å². The van der Waals surface area contributed by atoms with Gasteiger partial charge in [-0.05, 0) is 43.4 Å². The molecule has 13 heavy (non-hydrogen) atoms. The highest BCUT2D eigenvalue weighted by atomic mass is 16.2. The fourth-order valence-electron chi connectivity index (χ4n) is 3.48. The molecule has 2 heteroatoms. The fourth-order valence-corrected chi connectivity index (χ4v) is 3.48. The van der Waals surface area contributed by atoms with Crippen LogP contribution in [0.2, 0.25) is 0 Å². The predicted molar refractivity (Wildman–Crippen MR) is 50.1 cm³/mol. The molecule has 0 radical (unpaired) electrons. The molecule has 2 atom stereocenters. The van der Waals surface area contributed by atoms with Crippen molar-refractivity contribution in [3.05, 3.63) is 0 Å². The number of carbonyl (C=O) groups is 1. The van der Waals surface area contributed by atoms with Gasteiger partial charge >= 0.3 is 0 Å². The number of rotatable bonds is 1. The van der Waals surface area contributed by atoms with E-state index in [1.54, 1.807) is 0 Å². The molecule has 2 aliphatic carbocycles. The first-order valence-corrected chi connectivity index (χ1v) is 5.58. The maximum absolute atomic E-state index is 11.4. The summed E-state index contributed by atoms with van der Waals surface area (Å²) >= 11 is 0. The van der Waals surface area contributed by atoms with Crippen LogP contribution in [0.1, 0.15) is 38.5 Å². The summed E-state index contributed by atoms with van der Waals surface area (Å²) in [6.45, 7) is 0.979. The summed E-state index contributed by atoms with van der Waals surface area (Å²) in [5.41, 5.74) is 0.539. The third-order valence-corrected chi connectivity index (χ3v) is 4.60. The highest BCUT2D eigenvalue weighted by Gasteiger charge is 2.51. The molecular formula is C11H17NO. The molecule has 1 saturated heterocycles. The van der Waals surface area contributed by atoms with E-state index in [4.69, 9.17) is 0 Å². The van der Waals surface area contributed by atoms with Crippen molar-refractivity contribution < 1.29 is 4.79 Å².